The monoisotopic (exact) mass is 485 g/mol. The van der Waals surface area contributed by atoms with E-state index in [1.807, 2.05) is 18.7 Å². The molecule has 1 rings (SSSR count). The number of sulfone groups is 1. The molecule has 0 aliphatic heterocycles. The summed E-state index contributed by atoms with van der Waals surface area (Å²) in [5.74, 6) is 0.838. The van der Waals surface area contributed by atoms with Crippen LogP contribution in [0.25, 0.3) is 0 Å². The summed E-state index contributed by atoms with van der Waals surface area (Å²) in [5.41, 5.74) is 3.54. The van der Waals surface area contributed by atoms with Crippen LogP contribution in [0.4, 0.5) is 0 Å². The normalized spacial score (nSPS) is 13.3. The number of nitrogens with zero attached hydrogens (tertiary/aromatic N) is 3. The van der Waals surface area contributed by atoms with Gasteiger partial charge in [0.25, 0.3) is 0 Å². The van der Waals surface area contributed by atoms with E-state index < -0.39 is 9.84 Å². The lowest BCUT2D eigenvalue weighted by molar-refractivity contribution is 0.581. The van der Waals surface area contributed by atoms with Gasteiger partial charge in [0.2, 0.25) is 0 Å². The quantitative estimate of drug-likeness (QED) is 0.332. The molecule has 2 N–H and O–H groups in total. The molecule has 25 heavy (non-hydrogen) atoms. The van der Waals surface area contributed by atoms with Crippen LogP contribution in [0.5, 0.6) is 0 Å². The van der Waals surface area contributed by atoms with Gasteiger partial charge >= 0.3 is 0 Å². The highest BCUT2D eigenvalue weighted by molar-refractivity contribution is 14.0. The van der Waals surface area contributed by atoms with Gasteiger partial charge in [0.05, 0.1) is 11.4 Å². The summed E-state index contributed by atoms with van der Waals surface area (Å²) in [7, 11) is 0.742. The number of nitrogens with one attached hydrogen (secondary N) is 2. The molecule has 1 aromatic rings. The van der Waals surface area contributed by atoms with Crippen LogP contribution in [0.3, 0.4) is 0 Å². The Morgan fingerprint density at radius 1 is 1.32 bits per heavy atom. The minimum atomic E-state index is -2.94. The number of aliphatic imine (C=N–C) groups is 1. The Kier molecular flexibility index (Phi) is 10.6. The molecule has 0 bridgehead atoms. The van der Waals surface area contributed by atoms with Crippen LogP contribution in [0.1, 0.15) is 44.1 Å². The number of hydrogen-bond acceptors (Lipinski definition) is 4. The first kappa shape index (κ1) is 24.2. The third kappa shape index (κ3) is 7.93. The SMILES string of the molecule is CCc1nn(C)c(CC)c1CNC(=NC)NC(C)CCS(C)(=O)=O.I. The summed E-state index contributed by atoms with van der Waals surface area (Å²) in [5, 5.41) is 11.1. The third-order valence-electron chi connectivity index (χ3n) is 3.99. The molecule has 1 heterocycles. The molecule has 146 valence electrons. The summed E-state index contributed by atoms with van der Waals surface area (Å²) >= 11 is 0. The Morgan fingerprint density at radius 2 is 1.96 bits per heavy atom. The zero-order chi connectivity index (χ0) is 18.3. The molecule has 0 amide bonds. The first-order valence-electron chi connectivity index (χ1n) is 8.40. The average Bonchev–Trinajstić information content (AvgIpc) is 2.83. The molecule has 1 atom stereocenters. The fourth-order valence-electron chi connectivity index (χ4n) is 2.66. The largest absolute Gasteiger partial charge is 0.354 e. The van der Waals surface area contributed by atoms with E-state index in [1.54, 1.807) is 7.05 Å². The van der Waals surface area contributed by atoms with Crippen LogP contribution in [0.15, 0.2) is 4.99 Å². The molecule has 0 saturated heterocycles. The second kappa shape index (κ2) is 11.0. The van der Waals surface area contributed by atoms with Crippen molar-refractivity contribution in [2.24, 2.45) is 12.0 Å². The van der Waals surface area contributed by atoms with E-state index in [1.165, 1.54) is 17.5 Å². The lowest BCUT2D eigenvalue weighted by Crippen LogP contribution is -2.42. The van der Waals surface area contributed by atoms with Crippen molar-refractivity contribution >= 4 is 39.8 Å². The zero-order valence-electron chi connectivity index (χ0n) is 16.1. The van der Waals surface area contributed by atoms with Gasteiger partial charge in [-0.25, -0.2) is 8.42 Å². The summed E-state index contributed by atoms with van der Waals surface area (Å²) in [4.78, 5) is 4.22. The highest BCUT2D eigenvalue weighted by Crippen LogP contribution is 2.15. The van der Waals surface area contributed by atoms with E-state index >= 15 is 0 Å². The van der Waals surface area contributed by atoms with Gasteiger partial charge in [-0.05, 0) is 26.2 Å². The molecular formula is C16H32IN5O2S. The zero-order valence-corrected chi connectivity index (χ0v) is 19.2. The molecule has 0 aliphatic carbocycles. The summed E-state index contributed by atoms with van der Waals surface area (Å²) in [6.45, 7) is 6.83. The van der Waals surface area contributed by atoms with Crippen LogP contribution in [0.2, 0.25) is 0 Å². The van der Waals surface area contributed by atoms with E-state index in [0.717, 1.165) is 18.5 Å². The number of halogens is 1. The van der Waals surface area contributed by atoms with Crippen LogP contribution >= 0.6 is 24.0 Å². The Bertz CT molecular complexity index is 670. The lowest BCUT2D eigenvalue weighted by Gasteiger charge is -2.18. The fraction of sp³-hybridized carbons (Fsp3) is 0.750. The molecule has 9 heteroatoms. The van der Waals surface area contributed by atoms with Crippen LogP contribution in [-0.4, -0.2) is 49.3 Å². The van der Waals surface area contributed by atoms with Gasteiger partial charge in [0, 0.05) is 44.2 Å². The van der Waals surface area contributed by atoms with E-state index in [9.17, 15) is 8.42 Å². The second-order valence-electron chi connectivity index (χ2n) is 6.09. The van der Waals surface area contributed by atoms with Crippen molar-refractivity contribution in [3.05, 3.63) is 17.0 Å². The topological polar surface area (TPSA) is 88.4 Å². The van der Waals surface area contributed by atoms with Gasteiger partial charge in [-0.2, -0.15) is 5.10 Å². The maximum absolute atomic E-state index is 11.3. The maximum atomic E-state index is 11.3. The summed E-state index contributed by atoms with van der Waals surface area (Å²) in [6.07, 6.45) is 3.62. The number of hydrogen-bond donors (Lipinski definition) is 2. The average molecular weight is 485 g/mol. The number of aryl methyl sites for hydroxylation is 2. The fourth-order valence-corrected chi connectivity index (χ4v) is 3.44. The standard InChI is InChI=1S/C16H31N5O2S.HI/c1-7-14-13(15(8-2)21(5)20-14)11-18-16(17-4)19-12(3)9-10-24(6,22)23;/h12H,7-11H2,1-6H3,(H2,17,18,19);1H. The van der Waals surface area contributed by atoms with Crippen molar-refractivity contribution < 1.29 is 8.42 Å². The van der Waals surface area contributed by atoms with Crippen LogP contribution in [-0.2, 0) is 36.3 Å². The minimum absolute atomic E-state index is 0. The smallest absolute Gasteiger partial charge is 0.191 e. The molecule has 0 aliphatic rings. The molecule has 0 fully saturated rings. The van der Waals surface area contributed by atoms with Crippen molar-refractivity contribution in [1.82, 2.24) is 20.4 Å². The Hall–Kier alpha value is -0.840. The van der Waals surface area contributed by atoms with Crippen molar-refractivity contribution in [2.45, 2.75) is 52.6 Å². The first-order chi connectivity index (χ1) is 11.2. The first-order valence-corrected chi connectivity index (χ1v) is 10.5. The summed E-state index contributed by atoms with van der Waals surface area (Å²) in [6, 6.07) is 0.0242. The van der Waals surface area contributed by atoms with E-state index in [-0.39, 0.29) is 35.8 Å². The molecule has 1 unspecified atom stereocenters. The Morgan fingerprint density at radius 3 is 2.44 bits per heavy atom. The maximum Gasteiger partial charge on any atom is 0.191 e. The summed E-state index contributed by atoms with van der Waals surface area (Å²) < 4.78 is 24.5. The Balaban J connectivity index is 0.00000576. The van der Waals surface area contributed by atoms with Crippen molar-refractivity contribution in [2.75, 3.05) is 19.1 Å². The number of rotatable bonds is 8. The van der Waals surface area contributed by atoms with Gasteiger partial charge in [0.1, 0.15) is 9.84 Å². The predicted octanol–water partition coefficient (Wildman–Crippen LogP) is 1.65. The van der Waals surface area contributed by atoms with Crippen LogP contribution in [0, 0.1) is 0 Å². The lowest BCUT2D eigenvalue weighted by atomic mass is 10.1. The van der Waals surface area contributed by atoms with E-state index in [4.69, 9.17) is 0 Å². The second-order valence-corrected chi connectivity index (χ2v) is 8.35. The van der Waals surface area contributed by atoms with E-state index in [0.29, 0.717) is 18.9 Å². The molecule has 7 nitrogen and oxygen atoms in total. The highest BCUT2D eigenvalue weighted by Gasteiger charge is 2.15. The van der Waals surface area contributed by atoms with Gasteiger partial charge in [0.15, 0.2) is 5.96 Å². The predicted molar refractivity (Wildman–Crippen MR) is 115 cm³/mol. The van der Waals surface area contributed by atoms with Gasteiger partial charge in [-0.15, -0.1) is 24.0 Å². The molecular weight excluding hydrogens is 453 g/mol. The molecule has 0 saturated carbocycles. The van der Waals surface area contributed by atoms with Gasteiger partial charge in [-0.1, -0.05) is 13.8 Å². The van der Waals surface area contributed by atoms with Crippen molar-refractivity contribution in [3.63, 3.8) is 0 Å². The third-order valence-corrected chi connectivity index (χ3v) is 4.97. The van der Waals surface area contributed by atoms with Gasteiger partial charge < -0.3 is 10.6 Å². The molecule has 1 aromatic heterocycles. The Labute approximate surface area is 169 Å². The molecule has 0 radical (unpaired) electrons. The highest BCUT2D eigenvalue weighted by atomic mass is 127. The minimum Gasteiger partial charge on any atom is -0.354 e. The van der Waals surface area contributed by atoms with E-state index in [2.05, 4.69) is 34.6 Å². The van der Waals surface area contributed by atoms with Crippen molar-refractivity contribution in [1.29, 1.82) is 0 Å². The molecule has 0 spiro atoms. The van der Waals surface area contributed by atoms with Crippen molar-refractivity contribution in [3.8, 4) is 0 Å². The molecule has 0 aromatic carbocycles. The number of aromatic nitrogens is 2. The number of guanidine groups is 1. The van der Waals surface area contributed by atoms with Crippen LogP contribution < -0.4 is 10.6 Å². The van der Waals surface area contributed by atoms with Gasteiger partial charge in [-0.3, -0.25) is 9.67 Å².